The first-order valence-electron chi connectivity index (χ1n) is 7.13. The zero-order valence-corrected chi connectivity index (χ0v) is 14.0. The lowest BCUT2D eigenvalue weighted by Gasteiger charge is -2.13. The van der Waals surface area contributed by atoms with Gasteiger partial charge in [0.1, 0.15) is 5.75 Å². The highest BCUT2D eigenvalue weighted by Crippen LogP contribution is 2.30. The monoisotopic (exact) mass is 319 g/mol. The van der Waals surface area contributed by atoms with Gasteiger partial charge in [-0.15, -0.1) is 0 Å². The van der Waals surface area contributed by atoms with Crippen molar-refractivity contribution in [2.24, 2.45) is 0 Å². The first-order valence-corrected chi connectivity index (χ1v) is 8.62. The van der Waals surface area contributed by atoms with Crippen LogP contribution in [0.15, 0.2) is 41.3 Å². The molecule has 0 heterocycles. The van der Waals surface area contributed by atoms with Crippen LogP contribution >= 0.6 is 0 Å². The van der Waals surface area contributed by atoms with Gasteiger partial charge in [-0.1, -0.05) is 32.0 Å². The fraction of sp³-hybridized carbons (Fsp3) is 0.294. The fourth-order valence-corrected chi connectivity index (χ4v) is 3.33. The van der Waals surface area contributed by atoms with E-state index in [9.17, 15) is 13.5 Å². The van der Waals surface area contributed by atoms with E-state index in [0.29, 0.717) is 11.5 Å². The normalized spacial score (nSPS) is 11.7. The summed E-state index contributed by atoms with van der Waals surface area (Å²) in [6.45, 7) is 7.68. The molecular formula is C17H21NO3S. The Hall–Kier alpha value is -2.01. The van der Waals surface area contributed by atoms with Crippen LogP contribution in [-0.4, -0.2) is 13.5 Å². The first-order chi connectivity index (χ1) is 10.2. The lowest BCUT2D eigenvalue weighted by atomic mass is 10.0. The summed E-state index contributed by atoms with van der Waals surface area (Å²) >= 11 is 0. The third-order valence-corrected chi connectivity index (χ3v) is 4.93. The topological polar surface area (TPSA) is 66.4 Å². The Kier molecular flexibility index (Phi) is 4.47. The van der Waals surface area contributed by atoms with E-state index in [-0.39, 0.29) is 16.3 Å². The standard InChI is InChI=1S/C17H21NO3S/c1-11(2)14-5-7-15(8-6-14)22(20,21)18-16-10-12(3)9-13(4)17(16)19/h5-11,18-19H,1-4H3. The molecule has 0 bridgehead atoms. The highest BCUT2D eigenvalue weighted by atomic mass is 32.2. The summed E-state index contributed by atoms with van der Waals surface area (Å²) in [5.41, 5.74) is 2.79. The Morgan fingerprint density at radius 1 is 1.05 bits per heavy atom. The van der Waals surface area contributed by atoms with Crippen LogP contribution < -0.4 is 4.72 Å². The fourth-order valence-electron chi connectivity index (χ4n) is 2.27. The third kappa shape index (κ3) is 3.42. The molecule has 0 atom stereocenters. The van der Waals surface area contributed by atoms with Crippen molar-refractivity contribution in [3.63, 3.8) is 0 Å². The van der Waals surface area contributed by atoms with Crippen molar-refractivity contribution in [2.45, 2.75) is 38.5 Å². The molecule has 2 aromatic rings. The number of hydrogen-bond acceptors (Lipinski definition) is 3. The summed E-state index contributed by atoms with van der Waals surface area (Å²) in [6, 6.07) is 10.2. The smallest absolute Gasteiger partial charge is 0.262 e. The van der Waals surface area contributed by atoms with E-state index < -0.39 is 10.0 Å². The maximum Gasteiger partial charge on any atom is 0.262 e. The summed E-state index contributed by atoms with van der Waals surface area (Å²) in [4.78, 5) is 0.176. The summed E-state index contributed by atoms with van der Waals surface area (Å²) in [5.74, 6) is 0.293. The van der Waals surface area contributed by atoms with Gasteiger partial charge in [-0.05, 0) is 54.7 Å². The average molecular weight is 319 g/mol. The predicted molar refractivity (Wildman–Crippen MR) is 88.9 cm³/mol. The van der Waals surface area contributed by atoms with Crippen LogP contribution in [0.25, 0.3) is 0 Å². The van der Waals surface area contributed by atoms with E-state index in [1.807, 2.05) is 6.92 Å². The van der Waals surface area contributed by atoms with Gasteiger partial charge < -0.3 is 5.11 Å². The highest BCUT2D eigenvalue weighted by molar-refractivity contribution is 7.92. The zero-order valence-electron chi connectivity index (χ0n) is 13.2. The van der Waals surface area contributed by atoms with Gasteiger partial charge in [0.25, 0.3) is 10.0 Å². The molecule has 0 spiro atoms. The molecule has 22 heavy (non-hydrogen) atoms. The first kappa shape index (κ1) is 16.4. The molecule has 0 amide bonds. The van der Waals surface area contributed by atoms with Crippen LogP contribution in [0.5, 0.6) is 5.75 Å². The number of benzene rings is 2. The molecule has 2 rings (SSSR count). The lowest BCUT2D eigenvalue weighted by molar-refractivity contribution is 0.473. The second kappa shape index (κ2) is 6.01. The Balaban J connectivity index is 2.36. The number of aromatic hydroxyl groups is 1. The number of anilines is 1. The van der Waals surface area contributed by atoms with Gasteiger partial charge in [-0.3, -0.25) is 4.72 Å². The van der Waals surface area contributed by atoms with E-state index in [1.54, 1.807) is 43.3 Å². The minimum Gasteiger partial charge on any atom is -0.505 e. The van der Waals surface area contributed by atoms with E-state index in [0.717, 1.165) is 11.1 Å². The Morgan fingerprint density at radius 2 is 1.64 bits per heavy atom. The molecular weight excluding hydrogens is 298 g/mol. The van der Waals surface area contributed by atoms with Gasteiger partial charge >= 0.3 is 0 Å². The molecule has 0 fully saturated rings. The lowest BCUT2D eigenvalue weighted by Crippen LogP contribution is -2.13. The van der Waals surface area contributed by atoms with Gasteiger partial charge in [0.15, 0.2) is 0 Å². The number of aryl methyl sites for hydroxylation is 2. The second-order valence-corrected chi connectivity index (χ2v) is 7.49. The van der Waals surface area contributed by atoms with Crippen molar-refractivity contribution in [1.82, 2.24) is 0 Å². The molecule has 0 saturated heterocycles. The number of phenols is 1. The average Bonchev–Trinajstić information content (AvgIpc) is 2.44. The van der Waals surface area contributed by atoms with Crippen molar-refractivity contribution >= 4 is 15.7 Å². The molecule has 0 unspecified atom stereocenters. The van der Waals surface area contributed by atoms with Crippen molar-refractivity contribution in [3.05, 3.63) is 53.1 Å². The summed E-state index contributed by atoms with van der Waals surface area (Å²) < 4.78 is 27.3. The van der Waals surface area contributed by atoms with Crippen LogP contribution in [0.3, 0.4) is 0 Å². The van der Waals surface area contributed by atoms with E-state index in [1.165, 1.54) is 0 Å². The van der Waals surface area contributed by atoms with Crippen molar-refractivity contribution in [1.29, 1.82) is 0 Å². The maximum atomic E-state index is 12.4. The Labute approximate surface area is 131 Å². The molecule has 2 N–H and O–H groups in total. The molecule has 4 nitrogen and oxygen atoms in total. The molecule has 0 aliphatic rings. The highest BCUT2D eigenvalue weighted by Gasteiger charge is 2.17. The SMILES string of the molecule is Cc1cc(C)c(O)c(NS(=O)(=O)c2ccc(C(C)C)cc2)c1. The molecule has 5 heteroatoms. The van der Waals surface area contributed by atoms with Crippen LogP contribution in [0, 0.1) is 13.8 Å². The molecule has 0 aliphatic carbocycles. The maximum absolute atomic E-state index is 12.4. The van der Waals surface area contributed by atoms with Gasteiger partial charge in [-0.25, -0.2) is 8.42 Å². The second-order valence-electron chi connectivity index (χ2n) is 5.81. The largest absolute Gasteiger partial charge is 0.505 e. The summed E-state index contributed by atoms with van der Waals surface area (Å²) in [5, 5.41) is 10.0. The number of rotatable bonds is 4. The number of sulfonamides is 1. The van der Waals surface area contributed by atoms with Gasteiger partial charge in [-0.2, -0.15) is 0 Å². The molecule has 118 valence electrons. The summed E-state index contributed by atoms with van der Waals surface area (Å²) in [6.07, 6.45) is 0. The van der Waals surface area contributed by atoms with E-state index in [4.69, 9.17) is 0 Å². The van der Waals surface area contributed by atoms with E-state index in [2.05, 4.69) is 18.6 Å². The molecule has 0 aromatic heterocycles. The Bertz CT molecular complexity index is 778. The van der Waals surface area contributed by atoms with Gasteiger partial charge in [0, 0.05) is 0 Å². The third-order valence-electron chi connectivity index (χ3n) is 3.55. The zero-order chi connectivity index (χ0) is 16.5. The van der Waals surface area contributed by atoms with Crippen molar-refractivity contribution < 1.29 is 13.5 Å². The molecule has 2 aromatic carbocycles. The number of phenolic OH excluding ortho intramolecular Hbond substituents is 1. The van der Waals surface area contributed by atoms with Crippen LogP contribution in [0.4, 0.5) is 5.69 Å². The predicted octanol–water partition coefficient (Wildman–Crippen LogP) is 3.93. The molecule has 0 aliphatic heterocycles. The van der Waals surface area contributed by atoms with Crippen LogP contribution in [0.2, 0.25) is 0 Å². The molecule has 0 radical (unpaired) electrons. The number of nitrogens with one attached hydrogen (secondary N) is 1. The minimum atomic E-state index is -3.72. The van der Waals surface area contributed by atoms with Crippen LogP contribution in [-0.2, 0) is 10.0 Å². The Morgan fingerprint density at radius 3 is 2.18 bits per heavy atom. The van der Waals surface area contributed by atoms with Crippen molar-refractivity contribution in [2.75, 3.05) is 4.72 Å². The van der Waals surface area contributed by atoms with Gasteiger partial charge in [0.2, 0.25) is 0 Å². The molecule has 0 saturated carbocycles. The number of hydrogen-bond donors (Lipinski definition) is 2. The van der Waals surface area contributed by atoms with E-state index >= 15 is 0 Å². The van der Waals surface area contributed by atoms with Gasteiger partial charge in [0.05, 0.1) is 10.6 Å². The minimum absolute atomic E-state index is 0.0482. The quantitative estimate of drug-likeness (QED) is 0.839. The van der Waals surface area contributed by atoms with Crippen molar-refractivity contribution in [3.8, 4) is 5.75 Å². The summed E-state index contributed by atoms with van der Waals surface area (Å²) in [7, 11) is -3.72. The van der Waals surface area contributed by atoms with Crippen LogP contribution in [0.1, 0.15) is 36.5 Å².